The maximum atomic E-state index is 6.02. The van der Waals surface area contributed by atoms with E-state index in [1.807, 2.05) is 12.1 Å². The van der Waals surface area contributed by atoms with E-state index in [2.05, 4.69) is 39.1 Å². The molecule has 1 atom stereocenters. The lowest BCUT2D eigenvalue weighted by atomic mass is 10.0. The molecule has 2 rings (SSSR count). The van der Waals surface area contributed by atoms with Crippen molar-refractivity contribution in [3.8, 4) is 0 Å². The monoisotopic (exact) mass is 358 g/mol. The van der Waals surface area contributed by atoms with Crippen LogP contribution in [-0.2, 0) is 6.54 Å². The molecule has 0 saturated carbocycles. The number of rotatable bonds is 6. The highest BCUT2D eigenvalue weighted by Crippen LogP contribution is 2.23. The summed E-state index contributed by atoms with van der Waals surface area (Å²) in [6, 6.07) is 6.75. The molecule has 0 bridgehead atoms. The summed E-state index contributed by atoms with van der Waals surface area (Å²) in [7, 11) is 0. The summed E-state index contributed by atoms with van der Waals surface area (Å²) in [6.07, 6.45) is 5.19. The zero-order valence-electron chi connectivity index (χ0n) is 12.2. The number of nitrogens with one attached hydrogen (secondary N) is 1. The third-order valence-corrected chi connectivity index (χ3v) is 4.81. The van der Waals surface area contributed by atoms with E-state index in [4.69, 9.17) is 11.6 Å². The number of hydrogen-bond donors (Lipinski definition) is 1. The van der Waals surface area contributed by atoms with Crippen molar-refractivity contribution in [3.63, 3.8) is 0 Å². The highest BCUT2D eigenvalue weighted by Gasteiger charge is 2.17. The van der Waals surface area contributed by atoms with E-state index in [-0.39, 0.29) is 0 Å². The van der Waals surface area contributed by atoms with E-state index >= 15 is 0 Å². The Labute approximate surface area is 136 Å². The van der Waals surface area contributed by atoms with Crippen LogP contribution in [0.4, 0.5) is 0 Å². The van der Waals surface area contributed by atoms with Crippen LogP contribution in [0.3, 0.4) is 0 Å². The number of nitrogens with zero attached hydrogens (tertiary/aromatic N) is 1. The molecule has 1 fully saturated rings. The minimum absolute atomic E-state index is 0.654. The van der Waals surface area contributed by atoms with Crippen LogP contribution in [0.2, 0.25) is 5.02 Å². The average Bonchev–Trinajstić information content (AvgIpc) is 2.43. The minimum Gasteiger partial charge on any atom is -0.313 e. The van der Waals surface area contributed by atoms with Gasteiger partial charge in [-0.1, -0.05) is 46.9 Å². The summed E-state index contributed by atoms with van der Waals surface area (Å²) in [4.78, 5) is 2.55. The van der Waals surface area contributed by atoms with E-state index in [1.165, 1.54) is 37.8 Å². The lowest BCUT2D eigenvalue weighted by molar-refractivity contribution is 0.217. The first kappa shape index (κ1) is 16.3. The summed E-state index contributed by atoms with van der Waals surface area (Å²) >= 11 is 9.64. The van der Waals surface area contributed by atoms with Gasteiger partial charge in [0.25, 0.3) is 0 Å². The molecule has 1 heterocycles. The first-order valence-electron chi connectivity index (χ1n) is 7.58. The maximum absolute atomic E-state index is 6.02. The Hall–Kier alpha value is -0.0900. The fourth-order valence-corrected chi connectivity index (χ4v) is 3.64. The van der Waals surface area contributed by atoms with E-state index in [9.17, 15) is 0 Å². The van der Waals surface area contributed by atoms with Crippen molar-refractivity contribution in [1.82, 2.24) is 10.2 Å². The van der Waals surface area contributed by atoms with Gasteiger partial charge < -0.3 is 5.32 Å². The van der Waals surface area contributed by atoms with Crippen LogP contribution in [0.15, 0.2) is 22.7 Å². The lowest BCUT2D eigenvalue weighted by Gasteiger charge is -2.30. The normalized spacial score (nSPS) is 19.5. The molecule has 0 aliphatic carbocycles. The van der Waals surface area contributed by atoms with Crippen LogP contribution >= 0.6 is 27.5 Å². The Balaban J connectivity index is 1.96. The quantitative estimate of drug-likeness (QED) is 0.807. The molecular formula is C16H24BrClN2. The topological polar surface area (TPSA) is 15.3 Å². The van der Waals surface area contributed by atoms with Gasteiger partial charge in [0.1, 0.15) is 0 Å². The summed E-state index contributed by atoms with van der Waals surface area (Å²) < 4.78 is 1.11. The molecule has 0 spiro atoms. The SMILES string of the molecule is CCCN(Cc1ccc(Cl)cc1Br)CC1CCCCN1. The maximum Gasteiger partial charge on any atom is 0.0417 e. The predicted molar refractivity (Wildman–Crippen MR) is 90.4 cm³/mol. The van der Waals surface area contributed by atoms with E-state index in [0.29, 0.717) is 6.04 Å². The van der Waals surface area contributed by atoms with Crippen molar-refractivity contribution in [3.05, 3.63) is 33.3 Å². The highest BCUT2D eigenvalue weighted by atomic mass is 79.9. The van der Waals surface area contributed by atoms with Gasteiger partial charge in [-0.05, 0) is 50.0 Å². The van der Waals surface area contributed by atoms with Crippen LogP contribution in [0, 0.1) is 0 Å². The van der Waals surface area contributed by atoms with Crippen molar-refractivity contribution in [2.75, 3.05) is 19.6 Å². The molecule has 112 valence electrons. The molecule has 0 radical (unpaired) electrons. The number of halogens is 2. The smallest absolute Gasteiger partial charge is 0.0417 e. The van der Waals surface area contributed by atoms with E-state index in [0.717, 1.165) is 29.1 Å². The first-order valence-corrected chi connectivity index (χ1v) is 8.76. The van der Waals surface area contributed by atoms with Crippen molar-refractivity contribution < 1.29 is 0 Å². The van der Waals surface area contributed by atoms with Crippen LogP contribution in [0.25, 0.3) is 0 Å². The Kier molecular flexibility index (Phi) is 6.82. The largest absolute Gasteiger partial charge is 0.313 e. The number of piperidine rings is 1. The third-order valence-electron chi connectivity index (χ3n) is 3.84. The fourth-order valence-electron chi connectivity index (χ4n) is 2.83. The molecule has 1 aromatic carbocycles. The molecule has 2 nitrogen and oxygen atoms in total. The number of benzene rings is 1. The van der Waals surface area contributed by atoms with Crippen LogP contribution in [0.5, 0.6) is 0 Å². The van der Waals surface area contributed by atoms with Crippen LogP contribution in [-0.4, -0.2) is 30.6 Å². The third kappa shape index (κ3) is 5.03. The van der Waals surface area contributed by atoms with Crippen LogP contribution in [0.1, 0.15) is 38.2 Å². The standard InChI is InChI=1S/C16H24BrClN2/c1-2-9-20(12-15-5-3-4-8-19-15)11-13-6-7-14(18)10-16(13)17/h6-7,10,15,19H,2-5,8-9,11-12H2,1H3. The van der Waals surface area contributed by atoms with E-state index < -0.39 is 0 Å². The second kappa shape index (κ2) is 8.38. The van der Waals surface area contributed by atoms with Crippen molar-refractivity contribution >= 4 is 27.5 Å². The van der Waals surface area contributed by atoms with Crippen molar-refractivity contribution in [1.29, 1.82) is 0 Å². The molecular weight excluding hydrogens is 336 g/mol. The number of hydrogen-bond acceptors (Lipinski definition) is 2. The molecule has 0 aromatic heterocycles. The van der Waals surface area contributed by atoms with Gasteiger partial charge in [-0.25, -0.2) is 0 Å². The Bertz CT molecular complexity index is 419. The fraction of sp³-hybridized carbons (Fsp3) is 0.625. The van der Waals surface area contributed by atoms with Crippen LogP contribution < -0.4 is 5.32 Å². The molecule has 1 aliphatic rings. The van der Waals surface area contributed by atoms with Gasteiger partial charge >= 0.3 is 0 Å². The molecule has 1 aromatic rings. The summed E-state index contributed by atoms with van der Waals surface area (Å²) in [6.45, 7) is 6.70. The lowest BCUT2D eigenvalue weighted by Crippen LogP contribution is -2.43. The molecule has 1 saturated heterocycles. The van der Waals surface area contributed by atoms with Crippen molar-refractivity contribution in [2.24, 2.45) is 0 Å². The minimum atomic E-state index is 0.654. The van der Waals surface area contributed by atoms with Crippen molar-refractivity contribution in [2.45, 2.75) is 45.2 Å². The predicted octanol–water partition coefficient (Wildman–Crippen LogP) is 4.46. The second-order valence-corrected chi connectivity index (χ2v) is 6.91. The highest BCUT2D eigenvalue weighted by molar-refractivity contribution is 9.10. The molecule has 1 N–H and O–H groups in total. The molecule has 20 heavy (non-hydrogen) atoms. The average molecular weight is 360 g/mol. The Morgan fingerprint density at radius 3 is 2.90 bits per heavy atom. The Morgan fingerprint density at radius 1 is 1.40 bits per heavy atom. The molecule has 0 amide bonds. The van der Waals surface area contributed by atoms with E-state index in [1.54, 1.807) is 0 Å². The Morgan fingerprint density at radius 2 is 2.25 bits per heavy atom. The van der Waals surface area contributed by atoms with Gasteiger partial charge in [-0.15, -0.1) is 0 Å². The van der Waals surface area contributed by atoms with Gasteiger partial charge in [-0.3, -0.25) is 4.90 Å². The molecule has 1 aliphatic heterocycles. The second-order valence-electron chi connectivity index (χ2n) is 5.62. The van der Waals surface area contributed by atoms with Gasteiger partial charge in [0, 0.05) is 28.6 Å². The summed E-state index contributed by atoms with van der Waals surface area (Å²) in [5, 5.41) is 4.43. The summed E-state index contributed by atoms with van der Waals surface area (Å²) in [5.41, 5.74) is 1.32. The first-order chi connectivity index (χ1) is 9.69. The molecule has 4 heteroatoms. The molecule has 1 unspecified atom stereocenters. The zero-order valence-corrected chi connectivity index (χ0v) is 14.5. The van der Waals surface area contributed by atoms with Gasteiger partial charge in [0.2, 0.25) is 0 Å². The van der Waals surface area contributed by atoms with Gasteiger partial charge in [0.05, 0.1) is 0 Å². The van der Waals surface area contributed by atoms with Gasteiger partial charge in [-0.2, -0.15) is 0 Å². The zero-order chi connectivity index (χ0) is 14.4. The summed E-state index contributed by atoms with van der Waals surface area (Å²) in [5.74, 6) is 0. The van der Waals surface area contributed by atoms with Gasteiger partial charge in [0.15, 0.2) is 0 Å².